The predicted molar refractivity (Wildman–Crippen MR) is 228 cm³/mol. The Bertz CT molecular complexity index is 2290. The summed E-state index contributed by atoms with van der Waals surface area (Å²) in [5.41, 5.74) is 7.95. The fraction of sp³-hybridized carbons (Fsp3) is 0.469. The van der Waals surface area contributed by atoms with E-state index in [0.29, 0.717) is 6.54 Å². The highest BCUT2D eigenvalue weighted by molar-refractivity contribution is 5.75. The Labute approximate surface area is 346 Å². The summed E-state index contributed by atoms with van der Waals surface area (Å²) in [6.07, 6.45) is 8.44. The van der Waals surface area contributed by atoms with Crippen LogP contribution >= 0.6 is 0 Å². The van der Waals surface area contributed by atoms with Crippen LogP contribution in [0.4, 0.5) is 4.79 Å². The number of benzene rings is 4. The molecule has 4 saturated carbocycles. The molecule has 10 heteroatoms. The van der Waals surface area contributed by atoms with Crippen molar-refractivity contribution in [2.75, 3.05) is 19.6 Å². The van der Waals surface area contributed by atoms with Crippen molar-refractivity contribution >= 4 is 17.1 Å². The Morgan fingerprint density at radius 3 is 2.22 bits per heavy atom. The lowest BCUT2D eigenvalue weighted by atomic mass is 9.53. The molecule has 4 atom stereocenters. The third-order valence-corrected chi connectivity index (χ3v) is 14.4. The number of para-hydroxylation sites is 2. The van der Waals surface area contributed by atoms with Gasteiger partial charge in [-0.3, -0.25) is 4.57 Å². The average molecular weight is 796 g/mol. The van der Waals surface area contributed by atoms with Crippen LogP contribution in [0.3, 0.4) is 0 Å². The molecule has 3 heterocycles. The van der Waals surface area contributed by atoms with Crippen molar-refractivity contribution in [3.8, 4) is 11.1 Å². The molecule has 5 aromatic rings. The molecule has 59 heavy (non-hydrogen) atoms. The van der Waals surface area contributed by atoms with Crippen molar-refractivity contribution in [3.05, 3.63) is 130 Å². The first-order valence-electron chi connectivity index (χ1n) is 22.0. The van der Waals surface area contributed by atoms with Crippen LogP contribution in [-0.2, 0) is 22.6 Å². The van der Waals surface area contributed by atoms with Crippen LogP contribution < -0.4 is 16.3 Å². The number of nitrogens with one attached hydrogen (secondary N) is 3. The molecule has 1 aromatic heterocycles. The minimum atomic E-state index is -0.557. The first kappa shape index (κ1) is 38.5. The van der Waals surface area contributed by atoms with E-state index in [2.05, 4.69) is 88.1 Å². The quantitative estimate of drug-likeness (QED) is 0.113. The van der Waals surface area contributed by atoms with Crippen molar-refractivity contribution in [1.29, 1.82) is 0 Å². The summed E-state index contributed by atoms with van der Waals surface area (Å²) in [6.45, 7) is 5.20. The van der Waals surface area contributed by atoms with E-state index in [1.165, 1.54) is 19.3 Å². The van der Waals surface area contributed by atoms with Crippen LogP contribution in [0.25, 0.3) is 22.2 Å². The van der Waals surface area contributed by atoms with Gasteiger partial charge < -0.3 is 35.1 Å². The van der Waals surface area contributed by atoms with Gasteiger partial charge in [0.15, 0.2) is 6.29 Å². The zero-order chi connectivity index (χ0) is 40.1. The first-order chi connectivity index (χ1) is 28.8. The van der Waals surface area contributed by atoms with E-state index in [-0.39, 0.29) is 48.0 Å². The molecule has 308 valence electrons. The fourth-order valence-electron chi connectivity index (χ4n) is 11.8. The smallest absolute Gasteiger partial charge is 0.326 e. The van der Waals surface area contributed by atoms with Gasteiger partial charge in [0.25, 0.3) is 0 Å². The molecular weight excluding hydrogens is 739 g/mol. The SMILES string of the molecule is C[C@@H]1[C@H](CN2CCC(n3c(=O)[nH]c4ccccc43)CC2)O[C@H](c2ccc(-c3cccc(CNC(=O)NC45CC6CC(CC(C6)C4)C5)c3)cc2)O[C@@H]1c1ccc(CO)cc1. The van der Waals surface area contributed by atoms with Crippen molar-refractivity contribution in [3.63, 3.8) is 0 Å². The van der Waals surface area contributed by atoms with Gasteiger partial charge in [-0.15, -0.1) is 0 Å². The summed E-state index contributed by atoms with van der Waals surface area (Å²) >= 11 is 0. The maximum absolute atomic E-state index is 13.2. The second kappa shape index (κ2) is 16.0. The van der Waals surface area contributed by atoms with Gasteiger partial charge in [-0.25, -0.2) is 9.59 Å². The molecule has 2 saturated heterocycles. The number of aliphatic hydroxyl groups excluding tert-OH is 1. The number of carbonyl (C=O) groups is 1. The predicted octanol–water partition coefficient (Wildman–Crippen LogP) is 8.39. The van der Waals surface area contributed by atoms with Gasteiger partial charge in [-0.05, 0) is 115 Å². The van der Waals surface area contributed by atoms with Crippen LogP contribution in [0, 0.1) is 23.7 Å². The first-order valence-corrected chi connectivity index (χ1v) is 22.0. The largest absolute Gasteiger partial charge is 0.392 e. The number of amides is 2. The number of imidazole rings is 1. The number of ether oxygens (including phenoxy) is 2. The van der Waals surface area contributed by atoms with E-state index in [1.807, 2.05) is 41.0 Å². The van der Waals surface area contributed by atoms with Crippen LogP contribution in [0.2, 0.25) is 0 Å². The highest BCUT2D eigenvalue weighted by Gasteiger charge is 2.51. The second-order valence-electron chi connectivity index (χ2n) is 18.5. The minimum absolute atomic E-state index is 0.000876. The third-order valence-electron chi connectivity index (χ3n) is 14.4. The number of likely N-dealkylation sites (tertiary alicyclic amines) is 1. The van der Waals surface area contributed by atoms with E-state index in [0.717, 1.165) is 114 Å². The van der Waals surface area contributed by atoms with Gasteiger partial charge in [0.2, 0.25) is 0 Å². The summed E-state index contributed by atoms with van der Waals surface area (Å²) in [6, 6.07) is 33.0. The average Bonchev–Trinajstić information content (AvgIpc) is 3.59. The molecule has 6 aliphatic rings. The number of carbonyl (C=O) groups excluding carboxylic acids is 1. The Kier molecular flexibility index (Phi) is 10.4. The molecule has 2 amide bonds. The number of nitrogens with zero attached hydrogens (tertiary/aromatic N) is 2. The zero-order valence-corrected chi connectivity index (χ0v) is 34.0. The third kappa shape index (κ3) is 7.88. The molecule has 10 nitrogen and oxygen atoms in total. The Morgan fingerprint density at radius 1 is 0.814 bits per heavy atom. The lowest BCUT2D eigenvalue weighted by Gasteiger charge is -2.56. The molecular formula is C49H57N5O5. The van der Waals surface area contributed by atoms with Crippen molar-refractivity contribution in [1.82, 2.24) is 25.1 Å². The van der Waals surface area contributed by atoms with E-state index in [4.69, 9.17) is 9.47 Å². The Balaban J connectivity index is 0.808. The van der Waals surface area contributed by atoms with Gasteiger partial charge in [-0.2, -0.15) is 0 Å². The van der Waals surface area contributed by atoms with Gasteiger partial charge in [0, 0.05) is 49.2 Å². The number of fused-ring (bicyclic) bond motifs is 1. The summed E-state index contributed by atoms with van der Waals surface area (Å²) in [5, 5.41) is 16.3. The van der Waals surface area contributed by atoms with Crippen LogP contribution in [-0.4, -0.2) is 56.9 Å². The topological polar surface area (TPSA) is 121 Å². The maximum atomic E-state index is 13.2. The number of hydrogen-bond donors (Lipinski definition) is 4. The molecule has 2 aliphatic heterocycles. The number of urea groups is 1. The summed E-state index contributed by atoms with van der Waals surface area (Å²) in [7, 11) is 0. The van der Waals surface area contributed by atoms with Gasteiger partial charge in [-0.1, -0.05) is 85.8 Å². The van der Waals surface area contributed by atoms with E-state index >= 15 is 0 Å². The van der Waals surface area contributed by atoms with E-state index < -0.39 is 6.29 Å². The number of rotatable bonds is 10. The Hall–Kier alpha value is -4.74. The Morgan fingerprint density at radius 2 is 1.51 bits per heavy atom. The summed E-state index contributed by atoms with van der Waals surface area (Å²) < 4.78 is 15.6. The molecule has 0 radical (unpaired) electrons. The lowest BCUT2D eigenvalue weighted by molar-refractivity contribution is -0.276. The summed E-state index contributed by atoms with van der Waals surface area (Å²) in [5.74, 6) is 2.44. The molecule has 11 rings (SSSR count). The molecule has 4 aromatic carbocycles. The highest BCUT2D eigenvalue weighted by Crippen LogP contribution is 2.55. The lowest BCUT2D eigenvalue weighted by Crippen LogP contribution is -2.61. The number of aromatic nitrogens is 2. The molecule has 0 spiro atoms. The number of hydrogen-bond acceptors (Lipinski definition) is 6. The number of aliphatic hydroxyl groups is 1. The second-order valence-corrected chi connectivity index (χ2v) is 18.5. The molecule has 4 N–H and O–H groups in total. The van der Waals surface area contributed by atoms with Crippen molar-refractivity contribution in [2.45, 2.75) is 102 Å². The minimum Gasteiger partial charge on any atom is -0.392 e. The number of piperidine rings is 1. The molecule has 0 unspecified atom stereocenters. The van der Waals surface area contributed by atoms with Gasteiger partial charge in [0.05, 0.1) is 29.8 Å². The van der Waals surface area contributed by atoms with Crippen molar-refractivity contribution in [2.24, 2.45) is 23.7 Å². The zero-order valence-electron chi connectivity index (χ0n) is 34.0. The number of H-pyrrole nitrogens is 1. The van der Waals surface area contributed by atoms with E-state index in [9.17, 15) is 14.7 Å². The highest BCUT2D eigenvalue weighted by atomic mass is 16.7. The fourth-order valence-corrected chi connectivity index (χ4v) is 11.8. The van der Waals surface area contributed by atoms with Gasteiger partial charge >= 0.3 is 11.7 Å². The van der Waals surface area contributed by atoms with Crippen LogP contribution in [0.5, 0.6) is 0 Å². The van der Waals surface area contributed by atoms with Gasteiger partial charge in [0.1, 0.15) is 0 Å². The maximum Gasteiger partial charge on any atom is 0.326 e. The van der Waals surface area contributed by atoms with Crippen LogP contribution in [0.1, 0.15) is 99.0 Å². The summed E-state index contributed by atoms with van der Waals surface area (Å²) in [4.78, 5) is 31.6. The normalized spacial score (nSPS) is 29.5. The standard InChI is InChI=1S/C49H57N5O5/c1-31-44(29-53-19-17-41(18-20-53)54-43-8-3-2-7-42(43)51-48(54)57)58-46(59-45(31)38-11-9-32(30-55)10-12-38)39-15-13-37(14-16-39)40-6-4-5-33(24-40)28-50-47(56)52-49-25-34-21-35(26-49)23-36(22-34)27-49/h2-16,24,31,34-36,41,44-46,55H,17-23,25-30H2,1H3,(H,51,57)(H2,50,52,56)/t31-,34?,35?,36?,44+,45+,46+,49?/m1/s1. The van der Waals surface area contributed by atoms with Crippen molar-refractivity contribution < 1.29 is 19.4 Å². The monoisotopic (exact) mass is 795 g/mol. The number of aromatic amines is 1. The van der Waals surface area contributed by atoms with E-state index in [1.54, 1.807) is 0 Å². The molecule has 6 fully saturated rings. The van der Waals surface area contributed by atoms with Crippen LogP contribution in [0.15, 0.2) is 102 Å². The molecule has 4 bridgehead atoms. The molecule has 4 aliphatic carbocycles.